The van der Waals surface area contributed by atoms with Gasteiger partial charge in [0, 0.05) is 30.6 Å². The highest BCUT2D eigenvalue weighted by atomic mass is 19.1. The van der Waals surface area contributed by atoms with Gasteiger partial charge in [0.05, 0.1) is 18.1 Å². The maximum atomic E-state index is 14.8. The maximum Gasteiger partial charge on any atom is 0.210 e. The Morgan fingerprint density at radius 1 is 1.38 bits per heavy atom. The van der Waals surface area contributed by atoms with Crippen molar-refractivity contribution in [2.45, 2.75) is 56.6 Å². The number of nitrogens with zero attached hydrogens (tertiary/aromatic N) is 1. The summed E-state index contributed by atoms with van der Waals surface area (Å²) >= 11 is 0. The normalized spacial score (nSPS) is 37.3. The van der Waals surface area contributed by atoms with E-state index in [1.165, 1.54) is 6.07 Å². The molecule has 6 heteroatoms. The van der Waals surface area contributed by atoms with Crippen LogP contribution in [0.3, 0.4) is 0 Å². The molecular weight excluding hydrogens is 337 g/mol. The third kappa shape index (κ3) is 2.06. The number of amides is 1. The monoisotopic (exact) mass is 359 g/mol. The van der Waals surface area contributed by atoms with E-state index in [9.17, 15) is 9.18 Å². The number of carbonyl (C=O) groups excluding carboxylic acids is 1. The molecule has 1 aliphatic carbocycles. The molecule has 0 saturated carbocycles. The van der Waals surface area contributed by atoms with Gasteiger partial charge in [0.2, 0.25) is 6.41 Å². The summed E-state index contributed by atoms with van der Waals surface area (Å²) < 4.78 is 33.2. The van der Waals surface area contributed by atoms with E-state index in [1.807, 2.05) is 19.9 Å². The first-order chi connectivity index (χ1) is 12.5. The lowest BCUT2D eigenvalue weighted by Gasteiger charge is -2.40. The summed E-state index contributed by atoms with van der Waals surface area (Å²) in [6, 6.07) is 1.51. The molecule has 0 N–H and O–H groups in total. The van der Waals surface area contributed by atoms with Gasteiger partial charge < -0.3 is 19.1 Å². The van der Waals surface area contributed by atoms with Crippen molar-refractivity contribution < 1.29 is 23.4 Å². The minimum absolute atomic E-state index is 0.0342. The third-order valence-corrected chi connectivity index (χ3v) is 6.21. The van der Waals surface area contributed by atoms with Gasteiger partial charge in [-0.2, -0.15) is 0 Å². The number of hydrogen-bond acceptors (Lipinski definition) is 4. The van der Waals surface area contributed by atoms with Gasteiger partial charge in [0.25, 0.3) is 0 Å². The molecule has 0 aromatic heterocycles. The molecule has 5 rings (SSSR count). The molecule has 1 fully saturated rings. The summed E-state index contributed by atoms with van der Waals surface area (Å²) in [5.74, 6) is -0.276. The van der Waals surface area contributed by atoms with E-state index in [2.05, 4.69) is 6.08 Å². The van der Waals surface area contributed by atoms with Crippen molar-refractivity contribution in [2.75, 3.05) is 13.2 Å². The molecule has 0 radical (unpaired) electrons. The number of hydrogen-bond donors (Lipinski definition) is 0. The van der Waals surface area contributed by atoms with Gasteiger partial charge in [0.1, 0.15) is 17.7 Å². The zero-order chi connectivity index (χ0) is 18.1. The molecule has 1 amide bonds. The standard InChI is InChI=1S/C20H22FNO4/c1-12-7-15(21)14-9-22(11-23)6-5-19-3-4-20(24-10-13(2)26-20)8-16(19)25-18(12)17(14)19/h3-4,7,11,13,16H,5-6,8-10H2,1-2H3. The Balaban J connectivity index is 1.68. The van der Waals surface area contributed by atoms with Crippen LogP contribution in [0.5, 0.6) is 5.75 Å². The van der Waals surface area contributed by atoms with Gasteiger partial charge >= 0.3 is 0 Å². The van der Waals surface area contributed by atoms with E-state index in [-0.39, 0.29) is 24.6 Å². The lowest BCUT2D eigenvalue weighted by atomic mass is 9.68. The zero-order valence-corrected chi connectivity index (χ0v) is 15.0. The average Bonchev–Trinajstić information content (AvgIpc) is 3.07. The van der Waals surface area contributed by atoms with Gasteiger partial charge in [-0.25, -0.2) is 4.39 Å². The van der Waals surface area contributed by atoms with E-state index >= 15 is 0 Å². The number of carbonyl (C=O) groups is 1. The second-order valence-electron chi connectivity index (χ2n) is 7.92. The highest BCUT2D eigenvalue weighted by Gasteiger charge is 2.57. The van der Waals surface area contributed by atoms with Gasteiger partial charge in [-0.1, -0.05) is 6.08 Å². The average molecular weight is 359 g/mol. The fraction of sp³-hybridized carbons (Fsp3) is 0.550. The quantitative estimate of drug-likeness (QED) is 0.571. The molecule has 4 aliphatic rings. The minimum Gasteiger partial charge on any atom is -0.488 e. The van der Waals surface area contributed by atoms with Crippen LogP contribution in [-0.4, -0.2) is 42.5 Å². The van der Waals surface area contributed by atoms with Crippen molar-refractivity contribution in [3.63, 3.8) is 0 Å². The molecular formula is C20H22FNO4. The van der Waals surface area contributed by atoms with Crippen molar-refractivity contribution in [3.8, 4) is 5.75 Å². The highest BCUT2D eigenvalue weighted by Crippen LogP contribution is 2.56. The Morgan fingerprint density at radius 3 is 2.96 bits per heavy atom. The molecule has 2 spiro atoms. The van der Waals surface area contributed by atoms with Crippen molar-refractivity contribution in [1.82, 2.24) is 4.90 Å². The topological polar surface area (TPSA) is 48.0 Å². The molecule has 0 bridgehead atoms. The SMILES string of the molecule is Cc1cc(F)c2c3c1OC1CC4(C=CC31CCN(C=O)C2)OCC(C)O4. The summed E-state index contributed by atoms with van der Waals surface area (Å²) in [7, 11) is 0. The van der Waals surface area contributed by atoms with Crippen molar-refractivity contribution >= 4 is 6.41 Å². The molecule has 3 aliphatic heterocycles. The van der Waals surface area contributed by atoms with E-state index in [1.54, 1.807) is 4.90 Å². The molecule has 1 aromatic rings. The van der Waals surface area contributed by atoms with Crippen LogP contribution in [-0.2, 0) is 26.2 Å². The number of benzene rings is 1. The van der Waals surface area contributed by atoms with E-state index in [4.69, 9.17) is 14.2 Å². The van der Waals surface area contributed by atoms with Crippen molar-refractivity contribution in [1.29, 1.82) is 0 Å². The molecule has 1 aromatic carbocycles. The van der Waals surface area contributed by atoms with Gasteiger partial charge in [-0.05, 0) is 38.0 Å². The van der Waals surface area contributed by atoms with Crippen LogP contribution in [0.15, 0.2) is 18.2 Å². The van der Waals surface area contributed by atoms with Crippen LogP contribution in [0, 0.1) is 12.7 Å². The molecule has 1 saturated heterocycles. The number of halogens is 1. The molecule has 4 unspecified atom stereocenters. The van der Waals surface area contributed by atoms with Crippen LogP contribution in [0.1, 0.15) is 36.5 Å². The number of aryl methyl sites for hydroxylation is 1. The van der Waals surface area contributed by atoms with Gasteiger partial charge in [-0.3, -0.25) is 4.79 Å². The lowest BCUT2D eigenvalue weighted by Crippen LogP contribution is -2.48. The third-order valence-electron chi connectivity index (χ3n) is 6.21. The lowest BCUT2D eigenvalue weighted by molar-refractivity contribution is -0.154. The number of rotatable bonds is 1. The Kier molecular flexibility index (Phi) is 3.32. The molecule has 4 atom stereocenters. The summed E-state index contributed by atoms with van der Waals surface area (Å²) in [5.41, 5.74) is 1.82. The number of ether oxygens (including phenoxy) is 3. The first-order valence-electron chi connectivity index (χ1n) is 9.17. The largest absolute Gasteiger partial charge is 0.488 e. The fourth-order valence-electron chi connectivity index (χ4n) is 4.95. The van der Waals surface area contributed by atoms with Crippen LogP contribution >= 0.6 is 0 Å². The first-order valence-corrected chi connectivity index (χ1v) is 9.17. The summed E-state index contributed by atoms with van der Waals surface area (Å²) in [4.78, 5) is 13.1. The Labute approximate surface area is 151 Å². The smallest absolute Gasteiger partial charge is 0.210 e. The molecule has 3 heterocycles. The first kappa shape index (κ1) is 16.3. The second-order valence-corrected chi connectivity index (χ2v) is 7.92. The Bertz CT molecular complexity index is 825. The molecule has 26 heavy (non-hydrogen) atoms. The molecule has 5 nitrogen and oxygen atoms in total. The predicted molar refractivity (Wildman–Crippen MR) is 91.3 cm³/mol. The minimum atomic E-state index is -0.763. The van der Waals surface area contributed by atoms with Crippen molar-refractivity contribution in [3.05, 3.63) is 40.7 Å². The Hall–Kier alpha value is -1.92. The second kappa shape index (κ2) is 5.30. The summed E-state index contributed by atoms with van der Waals surface area (Å²) in [6.07, 6.45) is 5.96. The van der Waals surface area contributed by atoms with Crippen LogP contribution < -0.4 is 4.74 Å². The van der Waals surface area contributed by atoms with Crippen LogP contribution in [0.2, 0.25) is 0 Å². The van der Waals surface area contributed by atoms with E-state index in [0.29, 0.717) is 31.6 Å². The highest BCUT2D eigenvalue weighted by molar-refractivity contribution is 5.60. The predicted octanol–water partition coefficient (Wildman–Crippen LogP) is 2.59. The van der Waals surface area contributed by atoms with Crippen molar-refractivity contribution in [2.24, 2.45) is 0 Å². The van der Waals surface area contributed by atoms with Crippen LogP contribution in [0.4, 0.5) is 4.39 Å². The summed E-state index contributed by atoms with van der Waals surface area (Å²) in [5, 5.41) is 0. The fourth-order valence-corrected chi connectivity index (χ4v) is 4.95. The van der Waals surface area contributed by atoms with Gasteiger partial charge in [0.15, 0.2) is 5.79 Å². The molecule has 138 valence electrons. The Morgan fingerprint density at radius 2 is 2.23 bits per heavy atom. The maximum absolute atomic E-state index is 14.8. The van der Waals surface area contributed by atoms with Crippen LogP contribution in [0.25, 0.3) is 0 Å². The van der Waals surface area contributed by atoms with E-state index in [0.717, 1.165) is 23.3 Å². The summed E-state index contributed by atoms with van der Waals surface area (Å²) in [6.45, 7) is 5.25. The van der Waals surface area contributed by atoms with E-state index < -0.39 is 11.2 Å². The zero-order valence-electron chi connectivity index (χ0n) is 15.0. The van der Waals surface area contributed by atoms with Gasteiger partial charge in [-0.15, -0.1) is 0 Å².